The first-order valence-electron chi connectivity index (χ1n) is 5.44. The lowest BCUT2D eigenvalue weighted by Crippen LogP contribution is -2.00. The number of rotatable bonds is 3. The molecule has 5 nitrogen and oxygen atoms in total. The molecular formula is C13H8ClNO4S. The third-order valence-corrected chi connectivity index (χ3v) is 3.27. The van der Waals surface area contributed by atoms with Crippen molar-refractivity contribution in [3.8, 4) is 5.75 Å². The number of hydrogen-bond donors (Lipinski definition) is 0. The van der Waals surface area contributed by atoms with Crippen LogP contribution in [0.3, 0.4) is 0 Å². The summed E-state index contributed by atoms with van der Waals surface area (Å²) < 4.78 is 5.05. The molecule has 0 amide bonds. The van der Waals surface area contributed by atoms with Crippen LogP contribution >= 0.6 is 23.4 Å². The zero-order chi connectivity index (χ0) is 14.5. The maximum Gasteiger partial charge on any atom is 0.377 e. The molecule has 0 radical (unpaired) electrons. The quantitative estimate of drug-likeness (QED) is 0.360. The number of ether oxygens (including phenoxy) is 1. The SMILES string of the molecule is O=C(Oc1ccc([N+](=O)[O-])cc1)Sc1ccc(Cl)cc1. The van der Waals surface area contributed by atoms with Gasteiger partial charge in [-0.15, -0.1) is 0 Å². The van der Waals surface area contributed by atoms with Crippen molar-refractivity contribution >= 4 is 34.4 Å². The standard InChI is InChI=1S/C13H8ClNO4S/c14-9-1-7-12(8-2-9)20-13(16)19-11-5-3-10(4-6-11)15(17)18/h1-8H. The molecule has 2 rings (SSSR count). The topological polar surface area (TPSA) is 69.4 Å². The Morgan fingerprint density at radius 3 is 2.25 bits per heavy atom. The van der Waals surface area contributed by atoms with Gasteiger partial charge in [0.05, 0.1) is 4.92 Å². The van der Waals surface area contributed by atoms with Crippen molar-refractivity contribution in [2.45, 2.75) is 4.90 Å². The Kier molecular flexibility index (Phi) is 4.60. The highest BCUT2D eigenvalue weighted by molar-refractivity contribution is 8.13. The summed E-state index contributed by atoms with van der Waals surface area (Å²) in [7, 11) is 0. The summed E-state index contributed by atoms with van der Waals surface area (Å²) in [6, 6.07) is 12.0. The fraction of sp³-hybridized carbons (Fsp3) is 0. The molecule has 0 aliphatic rings. The lowest BCUT2D eigenvalue weighted by atomic mass is 10.3. The predicted octanol–water partition coefficient (Wildman–Crippen LogP) is 4.54. The smallest absolute Gasteiger partial charge is 0.377 e. The first-order chi connectivity index (χ1) is 9.54. The van der Waals surface area contributed by atoms with E-state index in [0.717, 1.165) is 11.8 Å². The summed E-state index contributed by atoms with van der Waals surface area (Å²) >= 11 is 6.64. The van der Waals surface area contributed by atoms with Crippen LogP contribution in [0.15, 0.2) is 53.4 Å². The highest BCUT2D eigenvalue weighted by atomic mass is 35.5. The number of carbonyl (C=O) groups excluding carboxylic acids is 1. The summed E-state index contributed by atoms with van der Waals surface area (Å²) in [5.41, 5.74) is -0.0600. The van der Waals surface area contributed by atoms with Gasteiger partial charge in [-0.2, -0.15) is 0 Å². The summed E-state index contributed by atoms with van der Waals surface area (Å²) in [4.78, 5) is 22.3. The first kappa shape index (κ1) is 14.4. The number of carbonyl (C=O) groups is 1. The highest BCUT2D eigenvalue weighted by Crippen LogP contribution is 2.24. The number of benzene rings is 2. The molecule has 2 aromatic carbocycles. The van der Waals surface area contributed by atoms with Gasteiger partial charge in [0.25, 0.3) is 5.69 Å². The minimum atomic E-state index is -0.527. The van der Waals surface area contributed by atoms with Gasteiger partial charge in [-0.05, 0) is 48.2 Å². The average Bonchev–Trinajstić information content (AvgIpc) is 2.42. The molecule has 0 spiro atoms. The number of non-ortho nitro benzene ring substituents is 1. The van der Waals surface area contributed by atoms with E-state index in [1.165, 1.54) is 24.3 Å². The van der Waals surface area contributed by atoms with Gasteiger partial charge in [0.2, 0.25) is 0 Å². The van der Waals surface area contributed by atoms with E-state index in [9.17, 15) is 14.9 Å². The molecule has 20 heavy (non-hydrogen) atoms. The molecule has 0 aliphatic carbocycles. The van der Waals surface area contributed by atoms with E-state index < -0.39 is 10.2 Å². The Morgan fingerprint density at radius 2 is 1.70 bits per heavy atom. The number of nitro benzene ring substituents is 1. The van der Waals surface area contributed by atoms with Crippen molar-refractivity contribution in [2.75, 3.05) is 0 Å². The zero-order valence-corrected chi connectivity index (χ0v) is 11.6. The molecular weight excluding hydrogens is 302 g/mol. The largest absolute Gasteiger partial charge is 0.418 e. The molecule has 0 N–H and O–H groups in total. The van der Waals surface area contributed by atoms with Crippen LogP contribution in [0.4, 0.5) is 10.5 Å². The lowest BCUT2D eigenvalue weighted by molar-refractivity contribution is -0.384. The van der Waals surface area contributed by atoms with Gasteiger partial charge in [-0.25, -0.2) is 4.79 Å². The molecule has 0 aliphatic heterocycles. The summed E-state index contributed by atoms with van der Waals surface area (Å²) in [5, 5.41) is 10.5. The second-order valence-electron chi connectivity index (χ2n) is 3.66. The summed E-state index contributed by atoms with van der Waals surface area (Å²) in [5.74, 6) is 0.252. The van der Waals surface area contributed by atoms with Crippen LogP contribution in [0.25, 0.3) is 0 Å². The van der Waals surface area contributed by atoms with Crippen LogP contribution < -0.4 is 4.74 Å². The van der Waals surface area contributed by atoms with Crippen LogP contribution in [-0.2, 0) is 0 Å². The Morgan fingerprint density at radius 1 is 1.10 bits per heavy atom. The Bertz CT molecular complexity index is 628. The molecule has 0 heterocycles. The van der Waals surface area contributed by atoms with E-state index in [-0.39, 0.29) is 11.4 Å². The van der Waals surface area contributed by atoms with Crippen LogP contribution in [0.2, 0.25) is 5.02 Å². The normalized spacial score (nSPS) is 10.1. The average molecular weight is 310 g/mol. The van der Waals surface area contributed by atoms with Gasteiger partial charge < -0.3 is 4.74 Å². The van der Waals surface area contributed by atoms with E-state index in [1.54, 1.807) is 24.3 Å². The first-order valence-corrected chi connectivity index (χ1v) is 6.64. The minimum absolute atomic E-state index is 0.0600. The van der Waals surface area contributed by atoms with Crippen molar-refractivity contribution in [1.82, 2.24) is 0 Å². The van der Waals surface area contributed by atoms with Gasteiger partial charge in [0, 0.05) is 22.1 Å². The van der Waals surface area contributed by atoms with E-state index in [2.05, 4.69) is 0 Å². The molecule has 7 heteroatoms. The van der Waals surface area contributed by atoms with Crippen molar-refractivity contribution < 1.29 is 14.5 Å². The Hall–Kier alpha value is -2.05. The predicted molar refractivity (Wildman–Crippen MR) is 76.4 cm³/mol. The molecule has 0 aromatic heterocycles. The second kappa shape index (κ2) is 6.40. The number of hydrogen-bond acceptors (Lipinski definition) is 5. The molecule has 2 aromatic rings. The third kappa shape index (κ3) is 3.97. The van der Waals surface area contributed by atoms with Crippen molar-refractivity contribution in [1.29, 1.82) is 0 Å². The fourth-order valence-corrected chi connectivity index (χ4v) is 2.08. The monoisotopic (exact) mass is 309 g/mol. The van der Waals surface area contributed by atoms with Crippen molar-refractivity contribution in [2.24, 2.45) is 0 Å². The van der Waals surface area contributed by atoms with E-state index in [4.69, 9.17) is 16.3 Å². The maximum atomic E-state index is 11.7. The van der Waals surface area contributed by atoms with E-state index >= 15 is 0 Å². The Balaban J connectivity index is 1.97. The summed E-state index contributed by atoms with van der Waals surface area (Å²) in [6.45, 7) is 0. The molecule has 0 saturated carbocycles. The molecule has 0 bridgehead atoms. The molecule has 0 fully saturated rings. The second-order valence-corrected chi connectivity index (χ2v) is 5.10. The van der Waals surface area contributed by atoms with Gasteiger partial charge in [-0.3, -0.25) is 10.1 Å². The lowest BCUT2D eigenvalue weighted by Gasteiger charge is -2.03. The fourth-order valence-electron chi connectivity index (χ4n) is 1.35. The van der Waals surface area contributed by atoms with Crippen molar-refractivity contribution in [3.05, 3.63) is 63.7 Å². The minimum Gasteiger partial charge on any atom is -0.418 e. The van der Waals surface area contributed by atoms with Gasteiger partial charge >= 0.3 is 5.30 Å². The van der Waals surface area contributed by atoms with Crippen LogP contribution in [0.5, 0.6) is 5.75 Å². The van der Waals surface area contributed by atoms with E-state index in [0.29, 0.717) is 9.92 Å². The van der Waals surface area contributed by atoms with E-state index in [1.807, 2.05) is 0 Å². The van der Waals surface area contributed by atoms with Crippen LogP contribution in [0.1, 0.15) is 0 Å². The maximum absolute atomic E-state index is 11.7. The molecule has 0 atom stereocenters. The van der Waals surface area contributed by atoms with Gasteiger partial charge in [0.15, 0.2) is 0 Å². The van der Waals surface area contributed by atoms with Gasteiger partial charge in [-0.1, -0.05) is 11.6 Å². The van der Waals surface area contributed by atoms with Crippen LogP contribution in [-0.4, -0.2) is 10.2 Å². The van der Waals surface area contributed by atoms with Crippen LogP contribution in [0, 0.1) is 10.1 Å². The number of halogens is 1. The number of nitrogens with zero attached hydrogens (tertiary/aromatic N) is 1. The van der Waals surface area contributed by atoms with Gasteiger partial charge in [0.1, 0.15) is 5.75 Å². The van der Waals surface area contributed by atoms with Crippen molar-refractivity contribution in [3.63, 3.8) is 0 Å². The molecule has 102 valence electrons. The zero-order valence-electron chi connectivity index (χ0n) is 9.99. The summed E-state index contributed by atoms with van der Waals surface area (Å²) in [6.07, 6.45) is 0. The highest BCUT2D eigenvalue weighted by Gasteiger charge is 2.09. The number of nitro groups is 1. The third-order valence-electron chi connectivity index (χ3n) is 2.26. The number of thioether (sulfide) groups is 1. The Labute approximate surface area is 123 Å². The molecule has 0 saturated heterocycles. The molecule has 0 unspecified atom stereocenters.